The third-order valence-electron chi connectivity index (χ3n) is 5.57. The molecule has 3 aromatic rings. The van der Waals surface area contributed by atoms with Crippen molar-refractivity contribution in [3.05, 3.63) is 87.9 Å². The number of hydrogen-bond acceptors (Lipinski definition) is 6. The number of hydrogen-bond donors (Lipinski definition) is 1. The fourth-order valence-electron chi connectivity index (χ4n) is 3.86. The zero-order valence-electron chi connectivity index (χ0n) is 18.1. The minimum absolute atomic E-state index is 0.107. The van der Waals surface area contributed by atoms with Crippen molar-refractivity contribution in [3.8, 4) is 0 Å². The Morgan fingerprint density at radius 1 is 1.09 bits per heavy atom. The lowest BCUT2D eigenvalue weighted by Gasteiger charge is -2.31. The van der Waals surface area contributed by atoms with Crippen molar-refractivity contribution in [1.29, 1.82) is 0 Å². The standard InChI is InChI=1S/C25H21FN4O2S2/c26-17-9-7-16(8-10-17)15-34-25-28-20-6-2-1-5-19(20)23-29-24(32)21(30(23)25)11-12-22(31)27-14-18-4-3-13-33-18/h1-10,13,21H,11-12,14-15H2,(H,27,31). The molecule has 1 unspecified atom stereocenters. The topological polar surface area (TPSA) is 74.1 Å². The van der Waals surface area contributed by atoms with E-state index in [1.54, 1.807) is 23.5 Å². The van der Waals surface area contributed by atoms with Crippen LogP contribution in [0.15, 0.2) is 76.0 Å². The van der Waals surface area contributed by atoms with Crippen molar-refractivity contribution in [3.63, 3.8) is 0 Å². The molecule has 5 rings (SSSR count). The van der Waals surface area contributed by atoms with Gasteiger partial charge in [0.2, 0.25) is 5.91 Å². The number of amidine groups is 2. The monoisotopic (exact) mass is 492 g/mol. The molecule has 9 heteroatoms. The summed E-state index contributed by atoms with van der Waals surface area (Å²) in [5, 5.41) is 5.53. The van der Waals surface area contributed by atoms with Crippen molar-refractivity contribution in [2.45, 2.75) is 31.2 Å². The molecule has 1 N–H and O–H groups in total. The van der Waals surface area contributed by atoms with Gasteiger partial charge in [0.15, 0.2) is 5.17 Å². The molecule has 0 saturated heterocycles. The van der Waals surface area contributed by atoms with E-state index in [-0.39, 0.29) is 24.1 Å². The number of halogens is 1. The smallest absolute Gasteiger partial charge is 0.270 e. The molecule has 2 aromatic carbocycles. The van der Waals surface area contributed by atoms with Gasteiger partial charge in [0.1, 0.15) is 17.7 Å². The van der Waals surface area contributed by atoms with Gasteiger partial charge < -0.3 is 5.32 Å². The Hall–Kier alpha value is -3.30. The van der Waals surface area contributed by atoms with Crippen LogP contribution in [-0.2, 0) is 21.9 Å². The van der Waals surface area contributed by atoms with Crippen LogP contribution in [-0.4, -0.2) is 33.8 Å². The summed E-state index contributed by atoms with van der Waals surface area (Å²) in [4.78, 5) is 37.4. The van der Waals surface area contributed by atoms with Crippen LogP contribution in [0.5, 0.6) is 0 Å². The molecule has 6 nitrogen and oxygen atoms in total. The number of amides is 2. The number of benzene rings is 2. The number of rotatable bonds is 7. The van der Waals surface area contributed by atoms with E-state index in [0.29, 0.717) is 29.7 Å². The molecular formula is C25H21FN4O2S2. The quantitative estimate of drug-likeness (QED) is 0.510. The summed E-state index contributed by atoms with van der Waals surface area (Å²) in [6.45, 7) is 0.480. The van der Waals surface area contributed by atoms with Crippen LogP contribution in [0.4, 0.5) is 10.1 Å². The lowest BCUT2D eigenvalue weighted by molar-refractivity contribution is -0.122. The minimum Gasteiger partial charge on any atom is -0.351 e. The minimum atomic E-state index is -0.588. The summed E-state index contributed by atoms with van der Waals surface area (Å²) in [6.07, 6.45) is 0.541. The highest BCUT2D eigenvalue weighted by molar-refractivity contribution is 8.13. The van der Waals surface area contributed by atoms with Gasteiger partial charge in [-0.3, -0.25) is 14.5 Å². The normalized spacial score (nSPS) is 16.6. The average molecular weight is 493 g/mol. The van der Waals surface area contributed by atoms with Gasteiger partial charge in [-0.15, -0.1) is 11.3 Å². The summed E-state index contributed by atoms with van der Waals surface area (Å²) in [7, 11) is 0. The zero-order valence-corrected chi connectivity index (χ0v) is 19.7. The second kappa shape index (κ2) is 9.90. The third kappa shape index (κ3) is 4.80. The van der Waals surface area contributed by atoms with Crippen molar-refractivity contribution >= 4 is 51.6 Å². The largest absolute Gasteiger partial charge is 0.351 e. The molecule has 2 amide bonds. The lowest BCUT2D eigenvalue weighted by atomic mass is 10.1. The number of thiophene rings is 1. The first-order chi connectivity index (χ1) is 16.6. The summed E-state index contributed by atoms with van der Waals surface area (Å²) in [6, 6.07) is 17.2. The molecule has 0 spiro atoms. The molecule has 1 atom stereocenters. The van der Waals surface area contributed by atoms with Crippen LogP contribution < -0.4 is 5.32 Å². The fourth-order valence-corrected chi connectivity index (χ4v) is 5.51. The highest BCUT2D eigenvalue weighted by Gasteiger charge is 2.41. The van der Waals surface area contributed by atoms with E-state index >= 15 is 0 Å². The van der Waals surface area contributed by atoms with Crippen LogP contribution in [0, 0.1) is 5.82 Å². The Bertz CT molecular complexity index is 1270. The van der Waals surface area contributed by atoms with Crippen molar-refractivity contribution < 1.29 is 14.0 Å². The summed E-state index contributed by atoms with van der Waals surface area (Å²) >= 11 is 3.05. The first-order valence-electron chi connectivity index (χ1n) is 10.8. The number of fused-ring (bicyclic) bond motifs is 3. The summed E-state index contributed by atoms with van der Waals surface area (Å²) in [5.41, 5.74) is 2.49. The average Bonchev–Trinajstić information content (AvgIpc) is 3.48. The highest BCUT2D eigenvalue weighted by atomic mass is 32.2. The third-order valence-corrected chi connectivity index (χ3v) is 7.47. The molecule has 0 fully saturated rings. The van der Waals surface area contributed by atoms with Crippen molar-refractivity contribution in [1.82, 2.24) is 10.2 Å². The van der Waals surface area contributed by atoms with Gasteiger partial charge in [0.25, 0.3) is 5.91 Å². The SMILES string of the molecule is O=C(CCC1C(=O)N=C2c3ccccc3N=C(SCc3ccc(F)cc3)N21)NCc1cccs1. The number of para-hydroxylation sites is 1. The molecule has 172 valence electrons. The van der Waals surface area contributed by atoms with Crippen LogP contribution in [0.3, 0.4) is 0 Å². The first kappa shape index (κ1) is 22.5. The van der Waals surface area contributed by atoms with Gasteiger partial charge in [0.05, 0.1) is 12.2 Å². The van der Waals surface area contributed by atoms with Crippen molar-refractivity contribution in [2.24, 2.45) is 9.98 Å². The van der Waals surface area contributed by atoms with Crippen LogP contribution in [0.25, 0.3) is 0 Å². The first-order valence-corrected chi connectivity index (χ1v) is 12.7. The van der Waals surface area contributed by atoms with E-state index in [1.807, 2.05) is 46.7 Å². The molecule has 1 aromatic heterocycles. The molecule has 0 saturated carbocycles. The number of thioether (sulfide) groups is 1. The molecule has 2 aliphatic heterocycles. The fraction of sp³-hybridized carbons (Fsp3) is 0.200. The van der Waals surface area contributed by atoms with E-state index in [9.17, 15) is 14.0 Å². The number of carbonyl (C=O) groups excluding carboxylic acids is 2. The second-order valence-corrected chi connectivity index (χ2v) is 9.86. The predicted molar refractivity (Wildman–Crippen MR) is 134 cm³/mol. The van der Waals surface area contributed by atoms with E-state index < -0.39 is 6.04 Å². The van der Waals surface area contributed by atoms with Gasteiger partial charge in [-0.2, -0.15) is 4.99 Å². The summed E-state index contributed by atoms with van der Waals surface area (Å²) < 4.78 is 13.3. The molecule has 0 bridgehead atoms. The predicted octanol–water partition coefficient (Wildman–Crippen LogP) is 4.88. The van der Waals surface area contributed by atoms with Crippen LogP contribution in [0.2, 0.25) is 0 Å². The molecule has 34 heavy (non-hydrogen) atoms. The summed E-state index contributed by atoms with van der Waals surface area (Å²) in [5.74, 6) is 0.473. The van der Waals surface area contributed by atoms with Gasteiger partial charge in [-0.25, -0.2) is 9.38 Å². The molecule has 0 radical (unpaired) electrons. The van der Waals surface area contributed by atoms with Crippen LogP contribution >= 0.6 is 23.1 Å². The van der Waals surface area contributed by atoms with Gasteiger partial charge in [-0.05, 0) is 47.7 Å². The van der Waals surface area contributed by atoms with Crippen LogP contribution in [0.1, 0.15) is 28.8 Å². The van der Waals surface area contributed by atoms with E-state index in [2.05, 4.69) is 10.3 Å². The Morgan fingerprint density at radius 2 is 1.91 bits per heavy atom. The maximum absolute atomic E-state index is 13.3. The number of nitrogens with zero attached hydrogens (tertiary/aromatic N) is 3. The Balaban J connectivity index is 1.32. The van der Waals surface area contributed by atoms with E-state index in [0.717, 1.165) is 21.7 Å². The van der Waals surface area contributed by atoms with Gasteiger partial charge in [-0.1, -0.05) is 42.1 Å². The highest BCUT2D eigenvalue weighted by Crippen LogP contribution is 2.36. The number of nitrogens with one attached hydrogen (secondary N) is 1. The number of carbonyl (C=O) groups is 2. The Kier molecular flexibility index (Phi) is 6.55. The molecule has 0 aliphatic carbocycles. The lowest BCUT2D eigenvalue weighted by Crippen LogP contribution is -2.44. The van der Waals surface area contributed by atoms with Gasteiger partial charge >= 0.3 is 0 Å². The Labute approximate surface area is 204 Å². The van der Waals surface area contributed by atoms with Crippen molar-refractivity contribution in [2.75, 3.05) is 0 Å². The number of aliphatic imine (C=N–C) groups is 2. The molecular weight excluding hydrogens is 471 g/mol. The van der Waals surface area contributed by atoms with E-state index in [1.165, 1.54) is 23.9 Å². The van der Waals surface area contributed by atoms with Gasteiger partial charge in [0, 0.05) is 22.6 Å². The maximum Gasteiger partial charge on any atom is 0.270 e. The maximum atomic E-state index is 13.3. The van der Waals surface area contributed by atoms with E-state index in [4.69, 9.17) is 4.99 Å². The molecule has 2 aliphatic rings. The zero-order chi connectivity index (χ0) is 23.5. The molecule has 3 heterocycles. The Morgan fingerprint density at radius 3 is 2.71 bits per heavy atom. The second-order valence-electron chi connectivity index (χ2n) is 7.88.